The Labute approximate surface area is 137 Å². The second-order valence-electron chi connectivity index (χ2n) is 4.95. The van der Waals surface area contributed by atoms with E-state index in [1.807, 2.05) is 37.3 Å². The molecule has 0 radical (unpaired) electrons. The second-order valence-corrected chi connectivity index (χ2v) is 6.62. The molecule has 1 amide bonds. The van der Waals surface area contributed by atoms with Gasteiger partial charge in [-0.3, -0.25) is 14.5 Å². The van der Waals surface area contributed by atoms with Crippen molar-refractivity contribution in [3.63, 3.8) is 0 Å². The van der Waals surface area contributed by atoms with Crippen LogP contribution in [0.2, 0.25) is 0 Å². The van der Waals surface area contributed by atoms with Crippen LogP contribution in [0, 0.1) is 0 Å². The normalized spacial score (nSPS) is 17.0. The highest BCUT2D eigenvalue weighted by atomic mass is 32.2. The van der Waals surface area contributed by atoms with Gasteiger partial charge in [-0.05, 0) is 30.5 Å². The second kappa shape index (κ2) is 5.70. The number of carbonyl (C=O) groups is 1. The van der Waals surface area contributed by atoms with Crippen molar-refractivity contribution >= 4 is 51.2 Å². The fourth-order valence-corrected chi connectivity index (χ4v) is 3.62. The number of hydrogen-bond donors (Lipinski definition) is 0. The van der Waals surface area contributed by atoms with Gasteiger partial charge in [-0.25, -0.2) is 0 Å². The van der Waals surface area contributed by atoms with Gasteiger partial charge in [0.05, 0.1) is 10.4 Å². The highest BCUT2D eigenvalue weighted by Gasteiger charge is 2.29. The van der Waals surface area contributed by atoms with E-state index < -0.39 is 0 Å². The number of carbonyl (C=O) groups excluding carboxylic acids is 1. The van der Waals surface area contributed by atoms with Crippen molar-refractivity contribution < 1.29 is 4.79 Å². The first-order valence-electron chi connectivity index (χ1n) is 6.87. The molecule has 1 saturated heterocycles. The standard InChI is InChI=1S/C16H14N2O2S2/c1-3-18-12-7-5-4-6-10(12)8-11(14(18)19)9-13-15(20)17(2)16(21)22-13/h4-9H,3H2,1-2H3/b13-9-. The van der Waals surface area contributed by atoms with Gasteiger partial charge in [-0.1, -0.05) is 42.2 Å². The molecule has 1 aliphatic heterocycles. The van der Waals surface area contributed by atoms with Crippen LogP contribution in [0.1, 0.15) is 12.5 Å². The van der Waals surface area contributed by atoms with Crippen molar-refractivity contribution in [2.75, 3.05) is 7.05 Å². The minimum atomic E-state index is -0.161. The van der Waals surface area contributed by atoms with Gasteiger partial charge in [0.25, 0.3) is 11.5 Å². The molecule has 22 heavy (non-hydrogen) atoms. The Morgan fingerprint density at radius 3 is 2.64 bits per heavy atom. The molecule has 1 aromatic carbocycles. The third-order valence-corrected chi connectivity index (χ3v) is 5.10. The third kappa shape index (κ3) is 2.38. The Kier molecular flexibility index (Phi) is 3.88. The average molecular weight is 330 g/mol. The van der Waals surface area contributed by atoms with Crippen LogP contribution in [0.5, 0.6) is 0 Å². The molecule has 0 aliphatic carbocycles. The number of nitrogens with zero attached hydrogens (tertiary/aromatic N) is 2. The van der Waals surface area contributed by atoms with Crippen LogP contribution in [0.15, 0.2) is 40.0 Å². The minimum Gasteiger partial charge on any atom is -0.308 e. The van der Waals surface area contributed by atoms with Crippen LogP contribution in [0.25, 0.3) is 17.0 Å². The summed E-state index contributed by atoms with van der Waals surface area (Å²) in [5.74, 6) is -0.161. The van der Waals surface area contributed by atoms with Crippen LogP contribution in [0.4, 0.5) is 0 Å². The molecule has 0 bridgehead atoms. The quantitative estimate of drug-likeness (QED) is 0.627. The van der Waals surface area contributed by atoms with Crippen LogP contribution in [-0.4, -0.2) is 26.7 Å². The zero-order chi connectivity index (χ0) is 15.9. The maximum Gasteiger partial charge on any atom is 0.265 e. The molecule has 0 spiro atoms. The number of benzene rings is 1. The first-order chi connectivity index (χ1) is 10.5. The van der Waals surface area contributed by atoms with E-state index in [4.69, 9.17) is 12.2 Å². The highest BCUT2D eigenvalue weighted by Crippen LogP contribution is 2.31. The van der Waals surface area contributed by atoms with E-state index >= 15 is 0 Å². The van der Waals surface area contributed by atoms with E-state index in [1.54, 1.807) is 17.7 Å². The van der Waals surface area contributed by atoms with Gasteiger partial charge in [0.2, 0.25) is 0 Å². The van der Waals surface area contributed by atoms with Gasteiger partial charge in [0, 0.05) is 19.2 Å². The average Bonchev–Trinajstić information content (AvgIpc) is 2.75. The topological polar surface area (TPSA) is 42.3 Å². The summed E-state index contributed by atoms with van der Waals surface area (Å²) >= 11 is 6.34. The van der Waals surface area contributed by atoms with E-state index in [0.29, 0.717) is 21.3 Å². The summed E-state index contributed by atoms with van der Waals surface area (Å²) in [6, 6.07) is 9.56. The Hall–Kier alpha value is -1.92. The van der Waals surface area contributed by atoms with Crippen LogP contribution in [0.3, 0.4) is 0 Å². The maximum atomic E-state index is 12.6. The Morgan fingerprint density at radius 2 is 2.00 bits per heavy atom. The van der Waals surface area contributed by atoms with Crippen molar-refractivity contribution in [2.45, 2.75) is 13.5 Å². The molecule has 112 valence electrons. The third-order valence-electron chi connectivity index (χ3n) is 3.62. The smallest absolute Gasteiger partial charge is 0.265 e. The first-order valence-corrected chi connectivity index (χ1v) is 8.09. The van der Waals surface area contributed by atoms with Crippen LogP contribution >= 0.6 is 24.0 Å². The molecule has 2 aromatic rings. The Bertz CT molecular complexity index is 883. The molecule has 2 heterocycles. The summed E-state index contributed by atoms with van der Waals surface area (Å²) in [5.41, 5.74) is 1.31. The SMILES string of the molecule is CCn1c(=O)c(/C=C2\SC(=S)N(C)C2=O)cc2ccccc21. The molecule has 1 fully saturated rings. The summed E-state index contributed by atoms with van der Waals surface area (Å²) in [5, 5.41) is 0.974. The lowest BCUT2D eigenvalue weighted by atomic mass is 10.1. The first kappa shape index (κ1) is 15.0. The number of hydrogen-bond acceptors (Lipinski definition) is 4. The number of pyridine rings is 1. The van der Waals surface area contributed by atoms with Gasteiger partial charge in [-0.2, -0.15) is 0 Å². The lowest BCUT2D eigenvalue weighted by Gasteiger charge is -2.09. The number of likely N-dealkylation sites (N-methyl/N-ethyl adjacent to an activating group) is 1. The largest absolute Gasteiger partial charge is 0.308 e. The van der Waals surface area contributed by atoms with Crippen molar-refractivity contribution in [3.05, 3.63) is 51.2 Å². The molecule has 6 heteroatoms. The number of para-hydroxylation sites is 1. The molecular formula is C16H14N2O2S2. The molecule has 4 nitrogen and oxygen atoms in total. The van der Waals surface area contributed by atoms with E-state index in [2.05, 4.69) is 0 Å². The number of thioether (sulfide) groups is 1. The molecule has 1 aliphatic rings. The monoisotopic (exact) mass is 330 g/mol. The minimum absolute atomic E-state index is 0.0948. The fourth-order valence-electron chi connectivity index (χ4n) is 2.45. The van der Waals surface area contributed by atoms with Crippen LogP contribution in [-0.2, 0) is 11.3 Å². The number of amides is 1. The van der Waals surface area contributed by atoms with Gasteiger partial charge >= 0.3 is 0 Å². The maximum absolute atomic E-state index is 12.6. The number of rotatable bonds is 2. The molecule has 0 N–H and O–H groups in total. The summed E-state index contributed by atoms with van der Waals surface area (Å²) < 4.78 is 2.22. The van der Waals surface area contributed by atoms with Crippen molar-refractivity contribution in [2.24, 2.45) is 0 Å². The summed E-state index contributed by atoms with van der Waals surface area (Å²) in [6.45, 7) is 2.51. The zero-order valence-electron chi connectivity index (χ0n) is 12.2. The molecule has 3 rings (SSSR count). The Balaban J connectivity index is 2.20. The predicted molar refractivity (Wildman–Crippen MR) is 94.8 cm³/mol. The summed E-state index contributed by atoms with van der Waals surface area (Å²) in [6.07, 6.45) is 1.64. The number of fused-ring (bicyclic) bond motifs is 1. The van der Waals surface area contributed by atoms with Gasteiger partial charge in [-0.15, -0.1) is 0 Å². The molecule has 0 atom stereocenters. The number of aromatic nitrogens is 1. The lowest BCUT2D eigenvalue weighted by Crippen LogP contribution is -2.23. The van der Waals surface area contributed by atoms with Crippen LogP contribution < -0.4 is 5.56 Å². The van der Waals surface area contributed by atoms with Crippen molar-refractivity contribution in [1.29, 1.82) is 0 Å². The lowest BCUT2D eigenvalue weighted by molar-refractivity contribution is -0.121. The van der Waals surface area contributed by atoms with Crippen molar-refractivity contribution in [3.8, 4) is 0 Å². The van der Waals surface area contributed by atoms with E-state index in [0.717, 1.165) is 10.9 Å². The van der Waals surface area contributed by atoms with E-state index in [1.165, 1.54) is 16.7 Å². The molecular weight excluding hydrogens is 316 g/mol. The zero-order valence-corrected chi connectivity index (χ0v) is 13.8. The van der Waals surface area contributed by atoms with E-state index in [-0.39, 0.29) is 11.5 Å². The van der Waals surface area contributed by atoms with Gasteiger partial charge in [0.1, 0.15) is 4.32 Å². The highest BCUT2D eigenvalue weighted by molar-refractivity contribution is 8.26. The number of thiocarbonyl (C=S) groups is 1. The molecule has 1 aromatic heterocycles. The van der Waals surface area contributed by atoms with Gasteiger partial charge in [0.15, 0.2) is 0 Å². The van der Waals surface area contributed by atoms with Crippen molar-refractivity contribution in [1.82, 2.24) is 9.47 Å². The summed E-state index contributed by atoms with van der Waals surface area (Å²) in [4.78, 5) is 26.6. The fraction of sp³-hybridized carbons (Fsp3) is 0.188. The molecule has 0 saturated carbocycles. The predicted octanol–water partition coefficient (Wildman–Crippen LogP) is 2.85. The Morgan fingerprint density at radius 1 is 1.27 bits per heavy atom. The van der Waals surface area contributed by atoms with Gasteiger partial charge < -0.3 is 4.57 Å². The molecule has 0 unspecified atom stereocenters. The number of aryl methyl sites for hydroxylation is 1. The van der Waals surface area contributed by atoms with E-state index in [9.17, 15) is 9.59 Å². The summed E-state index contributed by atoms with van der Waals surface area (Å²) in [7, 11) is 1.64.